The second-order valence-electron chi connectivity index (χ2n) is 4.47. The van der Waals surface area contributed by atoms with Crippen LogP contribution in [0, 0.1) is 0 Å². The van der Waals surface area contributed by atoms with Gasteiger partial charge in [0.05, 0.1) is 15.6 Å². The number of benzene rings is 2. The Morgan fingerprint density at radius 1 is 0.875 bits per heavy atom. The summed E-state index contributed by atoms with van der Waals surface area (Å²) >= 11 is 22.5. The summed E-state index contributed by atoms with van der Waals surface area (Å²) in [5.74, 6) is -0.996. The largest absolute Gasteiger partial charge is 0.298 e. The molecule has 0 aliphatic heterocycles. The van der Waals surface area contributed by atoms with Crippen LogP contribution in [0.2, 0.25) is 15.1 Å². The van der Waals surface area contributed by atoms with Crippen molar-refractivity contribution in [2.24, 2.45) is 0 Å². The molecule has 124 valence electrons. The van der Waals surface area contributed by atoms with Gasteiger partial charge in [-0.2, -0.15) is 0 Å². The third kappa shape index (κ3) is 4.82. The van der Waals surface area contributed by atoms with Gasteiger partial charge in [-0.25, -0.2) is 0 Å². The van der Waals surface area contributed by atoms with E-state index in [1.54, 1.807) is 36.4 Å². The van der Waals surface area contributed by atoms with Gasteiger partial charge in [-0.3, -0.25) is 25.8 Å². The number of rotatable bonds is 2. The lowest BCUT2D eigenvalue weighted by atomic mass is 10.2. The average molecular weight is 403 g/mol. The second-order valence-corrected chi connectivity index (χ2v) is 6.10. The molecule has 2 aromatic carbocycles. The molecule has 3 N–H and O–H groups in total. The van der Waals surface area contributed by atoms with E-state index < -0.39 is 11.8 Å². The molecule has 0 aliphatic carbocycles. The molecule has 5 nitrogen and oxygen atoms in total. The van der Waals surface area contributed by atoms with Crippen molar-refractivity contribution < 1.29 is 9.59 Å². The number of hydrogen-bond acceptors (Lipinski definition) is 3. The topological polar surface area (TPSA) is 70.2 Å². The summed E-state index contributed by atoms with van der Waals surface area (Å²) < 4.78 is 0. The van der Waals surface area contributed by atoms with Crippen molar-refractivity contribution in [1.29, 1.82) is 0 Å². The summed E-state index contributed by atoms with van der Waals surface area (Å²) in [5.41, 5.74) is 5.31. The molecule has 2 rings (SSSR count). The number of halogens is 3. The van der Waals surface area contributed by atoms with Crippen LogP contribution in [0.4, 0.5) is 0 Å². The van der Waals surface area contributed by atoms with Crippen LogP contribution in [0.5, 0.6) is 0 Å². The summed E-state index contributed by atoms with van der Waals surface area (Å²) in [6.07, 6.45) is 0. The highest BCUT2D eigenvalue weighted by atomic mass is 35.5. The monoisotopic (exact) mass is 401 g/mol. The van der Waals surface area contributed by atoms with Crippen LogP contribution in [-0.4, -0.2) is 16.9 Å². The van der Waals surface area contributed by atoms with Crippen molar-refractivity contribution in [3.8, 4) is 0 Å². The van der Waals surface area contributed by atoms with Crippen LogP contribution < -0.4 is 16.2 Å². The number of hydrogen-bond donors (Lipinski definition) is 3. The fourth-order valence-corrected chi connectivity index (χ4v) is 2.32. The van der Waals surface area contributed by atoms with Crippen molar-refractivity contribution in [3.05, 3.63) is 68.7 Å². The summed E-state index contributed by atoms with van der Waals surface area (Å²) in [4.78, 5) is 24.0. The zero-order valence-corrected chi connectivity index (χ0v) is 15.0. The van der Waals surface area contributed by atoms with Crippen LogP contribution >= 0.6 is 47.0 Å². The standard InChI is InChI=1S/C15H10Cl3N3O2S/c16-9-6-4-8(5-7-9)13(22)20-21-15(24)19-14(23)10-2-1-3-11(17)12(10)18/h1-7H,(H,20,22)(H2,19,21,23,24). The lowest BCUT2D eigenvalue weighted by molar-refractivity contribution is 0.0934. The van der Waals surface area contributed by atoms with Gasteiger partial charge in [0, 0.05) is 10.6 Å². The van der Waals surface area contributed by atoms with Crippen LogP contribution in [0.15, 0.2) is 42.5 Å². The molecule has 0 fully saturated rings. The maximum Gasteiger partial charge on any atom is 0.269 e. The summed E-state index contributed by atoms with van der Waals surface area (Å²) in [6, 6.07) is 10.9. The first-order chi connectivity index (χ1) is 11.4. The quantitative estimate of drug-likeness (QED) is 0.530. The fourth-order valence-electron chi connectivity index (χ4n) is 1.67. The van der Waals surface area contributed by atoms with Crippen molar-refractivity contribution >= 4 is 63.9 Å². The Kier molecular flexibility index (Phi) is 6.39. The number of amides is 2. The summed E-state index contributed by atoms with van der Waals surface area (Å²) in [7, 11) is 0. The van der Waals surface area contributed by atoms with Gasteiger partial charge in [0.15, 0.2) is 5.11 Å². The minimum atomic E-state index is -0.555. The molecule has 0 unspecified atom stereocenters. The molecule has 0 spiro atoms. The summed E-state index contributed by atoms with van der Waals surface area (Å²) in [6.45, 7) is 0. The van der Waals surface area contributed by atoms with E-state index in [1.165, 1.54) is 6.07 Å². The van der Waals surface area contributed by atoms with E-state index in [0.717, 1.165) is 0 Å². The van der Waals surface area contributed by atoms with E-state index >= 15 is 0 Å². The van der Waals surface area contributed by atoms with Gasteiger partial charge in [-0.1, -0.05) is 40.9 Å². The van der Waals surface area contributed by atoms with Crippen LogP contribution in [0.3, 0.4) is 0 Å². The van der Waals surface area contributed by atoms with Gasteiger partial charge >= 0.3 is 0 Å². The number of carbonyl (C=O) groups is 2. The Morgan fingerprint density at radius 2 is 1.54 bits per heavy atom. The lowest BCUT2D eigenvalue weighted by Gasteiger charge is -2.11. The molecule has 0 aromatic heterocycles. The minimum Gasteiger partial charge on any atom is -0.298 e. The molecule has 24 heavy (non-hydrogen) atoms. The molecule has 0 aliphatic rings. The van der Waals surface area contributed by atoms with E-state index in [2.05, 4.69) is 16.2 Å². The number of carbonyl (C=O) groups excluding carboxylic acids is 2. The zero-order chi connectivity index (χ0) is 17.7. The van der Waals surface area contributed by atoms with E-state index in [1.807, 2.05) is 0 Å². The summed E-state index contributed by atoms with van der Waals surface area (Å²) in [5, 5.41) is 3.16. The first-order valence-electron chi connectivity index (χ1n) is 6.49. The molecule has 2 aromatic rings. The first kappa shape index (κ1) is 18.5. The van der Waals surface area contributed by atoms with Crippen molar-refractivity contribution in [1.82, 2.24) is 16.2 Å². The van der Waals surface area contributed by atoms with Gasteiger partial charge < -0.3 is 0 Å². The first-order valence-corrected chi connectivity index (χ1v) is 8.04. The normalized spacial score (nSPS) is 9.96. The number of thiocarbonyl (C=S) groups is 1. The highest BCUT2D eigenvalue weighted by Gasteiger charge is 2.14. The van der Waals surface area contributed by atoms with E-state index in [4.69, 9.17) is 47.0 Å². The van der Waals surface area contributed by atoms with Crippen LogP contribution in [0.25, 0.3) is 0 Å². The minimum absolute atomic E-state index is 0.0987. The maximum atomic E-state index is 12.1. The predicted molar refractivity (Wildman–Crippen MR) is 98.6 cm³/mol. The molecule has 0 saturated heterocycles. The van der Waals surface area contributed by atoms with E-state index in [9.17, 15) is 9.59 Å². The molecule has 0 saturated carbocycles. The molecule has 0 radical (unpaired) electrons. The Morgan fingerprint density at radius 3 is 2.21 bits per heavy atom. The van der Waals surface area contributed by atoms with Gasteiger partial charge in [-0.05, 0) is 48.6 Å². The Hall–Kier alpha value is -1.86. The third-order valence-electron chi connectivity index (χ3n) is 2.82. The highest BCUT2D eigenvalue weighted by molar-refractivity contribution is 7.80. The van der Waals surface area contributed by atoms with E-state index in [0.29, 0.717) is 10.6 Å². The predicted octanol–water partition coefficient (Wildman–Crippen LogP) is 3.60. The Balaban J connectivity index is 1.91. The molecule has 0 atom stereocenters. The Bertz CT molecular complexity index is 797. The second kappa shape index (κ2) is 8.30. The smallest absolute Gasteiger partial charge is 0.269 e. The number of nitrogens with one attached hydrogen (secondary N) is 3. The van der Waals surface area contributed by atoms with Crippen molar-refractivity contribution in [2.45, 2.75) is 0 Å². The molecule has 0 heterocycles. The van der Waals surface area contributed by atoms with Gasteiger partial charge in [-0.15, -0.1) is 0 Å². The number of hydrazine groups is 1. The third-order valence-corrected chi connectivity index (χ3v) is 4.09. The molecular weight excluding hydrogens is 393 g/mol. The molecule has 2 amide bonds. The van der Waals surface area contributed by atoms with Gasteiger partial charge in [0.1, 0.15) is 0 Å². The average Bonchev–Trinajstić information content (AvgIpc) is 2.55. The van der Waals surface area contributed by atoms with Crippen LogP contribution in [-0.2, 0) is 0 Å². The maximum absolute atomic E-state index is 12.1. The zero-order valence-electron chi connectivity index (χ0n) is 11.9. The molecule has 0 bridgehead atoms. The molecule has 9 heteroatoms. The molecular formula is C15H10Cl3N3O2S. The highest BCUT2D eigenvalue weighted by Crippen LogP contribution is 2.25. The van der Waals surface area contributed by atoms with Gasteiger partial charge in [0.25, 0.3) is 11.8 Å². The van der Waals surface area contributed by atoms with Crippen molar-refractivity contribution in [3.63, 3.8) is 0 Å². The van der Waals surface area contributed by atoms with Crippen molar-refractivity contribution in [2.75, 3.05) is 0 Å². The van der Waals surface area contributed by atoms with Gasteiger partial charge in [0.2, 0.25) is 0 Å². The van der Waals surface area contributed by atoms with Crippen LogP contribution in [0.1, 0.15) is 20.7 Å². The fraction of sp³-hybridized carbons (Fsp3) is 0. The Labute approximate surface area is 158 Å². The lowest BCUT2D eigenvalue weighted by Crippen LogP contribution is -2.48. The SMILES string of the molecule is O=C(NNC(=S)NC(=O)c1cccc(Cl)c1Cl)c1ccc(Cl)cc1. The van der Waals surface area contributed by atoms with E-state index in [-0.39, 0.29) is 20.7 Å².